The number of aliphatic imine (C=N–C) groups is 1. The first kappa shape index (κ1) is 24.5. The van der Waals surface area contributed by atoms with Crippen LogP contribution in [0.1, 0.15) is 54.4 Å². The van der Waals surface area contributed by atoms with E-state index in [-0.39, 0.29) is 6.09 Å². The Morgan fingerprint density at radius 3 is 2.36 bits per heavy atom. The molecule has 0 aliphatic carbocycles. The summed E-state index contributed by atoms with van der Waals surface area (Å²) in [6.07, 6.45) is 2.06. The lowest BCUT2D eigenvalue weighted by atomic mass is 10.2. The summed E-state index contributed by atoms with van der Waals surface area (Å²) < 4.78 is 11.0. The number of morpholine rings is 1. The topological polar surface area (TPSA) is 87.2 Å². The summed E-state index contributed by atoms with van der Waals surface area (Å²) in [5, 5.41) is 9.40. The summed E-state index contributed by atoms with van der Waals surface area (Å²) in [6, 6.07) is 0. The first-order valence-electron chi connectivity index (χ1n) is 10.6. The van der Waals surface area contributed by atoms with Gasteiger partial charge in [0, 0.05) is 45.8 Å². The molecule has 1 amide bonds. The molecule has 8 nitrogen and oxygen atoms in total. The van der Waals surface area contributed by atoms with E-state index in [1.807, 2.05) is 20.8 Å². The molecule has 0 spiro atoms. The third-order valence-electron chi connectivity index (χ3n) is 4.06. The van der Waals surface area contributed by atoms with E-state index in [4.69, 9.17) is 9.47 Å². The molecule has 164 valence electrons. The molecule has 8 heteroatoms. The number of carbonyl (C=O) groups excluding carboxylic acids is 1. The van der Waals surface area contributed by atoms with Crippen LogP contribution >= 0.6 is 0 Å². The van der Waals surface area contributed by atoms with Crippen LogP contribution in [0.25, 0.3) is 0 Å². The molecule has 1 saturated heterocycles. The van der Waals surface area contributed by atoms with Gasteiger partial charge in [0.05, 0.1) is 12.2 Å². The van der Waals surface area contributed by atoms with Crippen LogP contribution in [0.5, 0.6) is 0 Å². The predicted octanol–water partition coefficient (Wildman–Crippen LogP) is 1.96. The smallest absolute Gasteiger partial charge is 0.407 e. The molecule has 1 aliphatic rings. The first-order valence-corrected chi connectivity index (χ1v) is 10.6. The van der Waals surface area contributed by atoms with E-state index in [9.17, 15) is 4.79 Å². The van der Waals surface area contributed by atoms with Crippen molar-refractivity contribution >= 4 is 12.1 Å². The molecule has 1 heterocycles. The Bertz CT molecular complexity index is 469. The lowest BCUT2D eigenvalue weighted by Gasteiger charge is -2.35. The van der Waals surface area contributed by atoms with Crippen LogP contribution in [-0.4, -0.2) is 80.6 Å². The average molecular weight is 400 g/mol. The Balaban J connectivity index is 2.20. The zero-order valence-corrected chi connectivity index (χ0v) is 18.6. The Morgan fingerprint density at radius 2 is 1.75 bits per heavy atom. The van der Waals surface area contributed by atoms with Gasteiger partial charge in [0.15, 0.2) is 5.96 Å². The fourth-order valence-electron chi connectivity index (χ4n) is 3.09. The summed E-state index contributed by atoms with van der Waals surface area (Å²) in [7, 11) is 0. The maximum atomic E-state index is 11.6. The van der Waals surface area contributed by atoms with E-state index in [2.05, 4.69) is 46.6 Å². The molecule has 1 aliphatic heterocycles. The minimum Gasteiger partial charge on any atom is -0.444 e. The number of hydrogen-bond donors (Lipinski definition) is 3. The highest BCUT2D eigenvalue weighted by molar-refractivity contribution is 5.79. The number of alkyl carbamates (subject to hydrolysis) is 1. The summed E-state index contributed by atoms with van der Waals surface area (Å²) in [5.74, 6) is 0.823. The lowest BCUT2D eigenvalue weighted by Crippen LogP contribution is -2.46. The highest BCUT2D eigenvalue weighted by Crippen LogP contribution is 2.10. The van der Waals surface area contributed by atoms with Crippen molar-refractivity contribution < 1.29 is 14.3 Å². The van der Waals surface area contributed by atoms with Crippen molar-refractivity contribution in [2.24, 2.45) is 4.99 Å². The second kappa shape index (κ2) is 12.8. The SMILES string of the molecule is CCNC(=NCCCNC(=O)OC(C)(C)C)NCCCN1CC(C)OC(C)C1. The van der Waals surface area contributed by atoms with E-state index in [0.717, 1.165) is 51.5 Å². The van der Waals surface area contributed by atoms with Gasteiger partial charge in [-0.05, 0) is 54.4 Å². The Hall–Kier alpha value is -1.54. The summed E-state index contributed by atoms with van der Waals surface area (Å²) >= 11 is 0. The molecule has 1 fully saturated rings. The van der Waals surface area contributed by atoms with Crippen LogP contribution in [-0.2, 0) is 9.47 Å². The minimum absolute atomic E-state index is 0.310. The molecule has 0 aromatic rings. The highest BCUT2D eigenvalue weighted by atomic mass is 16.6. The molecule has 0 saturated carbocycles. The van der Waals surface area contributed by atoms with Crippen LogP contribution in [0.3, 0.4) is 0 Å². The largest absolute Gasteiger partial charge is 0.444 e. The Morgan fingerprint density at radius 1 is 1.11 bits per heavy atom. The lowest BCUT2D eigenvalue weighted by molar-refractivity contribution is -0.0679. The van der Waals surface area contributed by atoms with E-state index in [0.29, 0.717) is 25.3 Å². The second-order valence-electron chi connectivity index (χ2n) is 8.34. The molecule has 0 bridgehead atoms. The van der Waals surface area contributed by atoms with Crippen molar-refractivity contribution in [3.63, 3.8) is 0 Å². The van der Waals surface area contributed by atoms with Crippen LogP contribution in [0.15, 0.2) is 4.99 Å². The molecule has 28 heavy (non-hydrogen) atoms. The Labute approximate surface area is 170 Å². The third kappa shape index (κ3) is 12.0. The quantitative estimate of drug-likeness (QED) is 0.312. The van der Waals surface area contributed by atoms with Gasteiger partial charge in [-0.25, -0.2) is 4.79 Å². The van der Waals surface area contributed by atoms with Gasteiger partial charge in [-0.3, -0.25) is 9.89 Å². The standard InChI is InChI=1S/C20H41N5O3/c1-7-21-18(22-10-8-11-24-19(26)28-20(4,5)6)23-12-9-13-25-14-16(2)27-17(3)15-25/h16-17H,7-15H2,1-6H3,(H,24,26)(H2,21,22,23). The van der Waals surface area contributed by atoms with Gasteiger partial charge >= 0.3 is 6.09 Å². The van der Waals surface area contributed by atoms with Gasteiger partial charge in [0.25, 0.3) is 0 Å². The zero-order valence-electron chi connectivity index (χ0n) is 18.6. The van der Waals surface area contributed by atoms with E-state index in [1.54, 1.807) is 0 Å². The maximum absolute atomic E-state index is 11.6. The summed E-state index contributed by atoms with van der Waals surface area (Å²) in [5.41, 5.74) is -0.471. The van der Waals surface area contributed by atoms with Gasteiger partial charge in [0.1, 0.15) is 5.60 Å². The van der Waals surface area contributed by atoms with Crippen molar-refractivity contribution in [1.29, 1.82) is 0 Å². The molecule has 2 atom stereocenters. The van der Waals surface area contributed by atoms with E-state index < -0.39 is 5.60 Å². The number of carbonyl (C=O) groups is 1. The fourth-order valence-corrected chi connectivity index (χ4v) is 3.09. The van der Waals surface area contributed by atoms with Crippen LogP contribution in [0.4, 0.5) is 4.79 Å². The normalized spacial score (nSPS) is 21.3. The second-order valence-corrected chi connectivity index (χ2v) is 8.34. The van der Waals surface area contributed by atoms with Gasteiger partial charge in [-0.15, -0.1) is 0 Å². The third-order valence-corrected chi connectivity index (χ3v) is 4.06. The van der Waals surface area contributed by atoms with Crippen molar-refractivity contribution in [3.05, 3.63) is 0 Å². The molecule has 3 N–H and O–H groups in total. The number of nitrogens with one attached hydrogen (secondary N) is 3. The maximum Gasteiger partial charge on any atom is 0.407 e. The van der Waals surface area contributed by atoms with Gasteiger partial charge < -0.3 is 25.4 Å². The monoisotopic (exact) mass is 399 g/mol. The van der Waals surface area contributed by atoms with Gasteiger partial charge in [-0.1, -0.05) is 0 Å². The zero-order chi connectivity index (χ0) is 21.0. The Kier molecular flexibility index (Phi) is 11.2. The number of amides is 1. The average Bonchev–Trinajstić information content (AvgIpc) is 2.55. The van der Waals surface area contributed by atoms with Crippen molar-refractivity contribution in [1.82, 2.24) is 20.9 Å². The van der Waals surface area contributed by atoms with Crippen molar-refractivity contribution in [2.75, 3.05) is 45.8 Å². The molecule has 1 rings (SSSR count). The summed E-state index contributed by atoms with van der Waals surface area (Å²) in [4.78, 5) is 18.6. The molecule has 0 aromatic heterocycles. The van der Waals surface area contributed by atoms with Crippen molar-refractivity contribution in [3.8, 4) is 0 Å². The van der Waals surface area contributed by atoms with Crippen LogP contribution in [0, 0.1) is 0 Å². The summed E-state index contributed by atoms with van der Waals surface area (Å²) in [6.45, 7) is 17.8. The number of rotatable bonds is 9. The van der Waals surface area contributed by atoms with Gasteiger partial charge in [-0.2, -0.15) is 0 Å². The molecular formula is C20H41N5O3. The molecule has 0 aromatic carbocycles. The molecule has 2 unspecified atom stereocenters. The number of hydrogen-bond acceptors (Lipinski definition) is 5. The van der Waals surface area contributed by atoms with Crippen molar-refractivity contribution in [2.45, 2.75) is 72.2 Å². The molecular weight excluding hydrogens is 358 g/mol. The van der Waals surface area contributed by atoms with Crippen LogP contribution in [0.2, 0.25) is 0 Å². The number of ether oxygens (including phenoxy) is 2. The number of nitrogens with zero attached hydrogens (tertiary/aromatic N) is 2. The van der Waals surface area contributed by atoms with E-state index in [1.165, 1.54) is 0 Å². The minimum atomic E-state index is -0.471. The first-order chi connectivity index (χ1) is 13.2. The highest BCUT2D eigenvalue weighted by Gasteiger charge is 2.21. The van der Waals surface area contributed by atoms with Crippen LogP contribution < -0.4 is 16.0 Å². The predicted molar refractivity (Wildman–Crippen MR) is 114 cm³/mol. The fraction of sp³-hybridized carbons (Fsp3) is 0.900. The number of guanidine groups is 1. The molecule has 0 radical (unpaired) electrons. The van der Waals surface area contributed by atoms with E-state index >= 15 is 0 Å². The van der Waals surface area contributed by atoms with Gasteiger partial charge in [0.2, 0.25) is 0 Å².